The minimum Gasteiger partial charge on any atom is -0.482 e. The van der Waals surface area contributed by atoms with E-state index < -0.39 is 15.7 Å². The molecule has 26 heavy (non-hydrogen) atoms. The van der Waals surface area contributed by atoms with Crippen LogP contribution in [0.1, 0.15) is 17.3 Å². The molecule has 0 bridgehead atoms. The zero-order valence-corrected chi connectivity index (χ0v) is 15.5. The van der Waals surface area contributed by atoms with Gasteiger partial charge in [-0.2, -0.15) is 0 Å². The second kappa shape index (κ2) is 7.09. The van der Waals surface area contributed by atoms with Crippen LogP contribution in [0.4, 0.5) is 5.69 Å². The Labute approximate surface area is 156 Å². The summed E-state index contributed by atoms with van der Waals surface area (Å²) in [5.41, 5.74) is 0.686. The van der Waals surface area contributed by atoms with Crippen molar-refractivity contribution < 1.29 is 22.7 Å². The van der Waals surface area contributed by atoms with Crippen molar-refractivity contribution in [2.75, 3.05) is 23.8 Å². The maximum atomic E-state index is 12.5. The summed E-state index contributed by atoms with van der Waals surface area (Å²) in [6, 6.07) is 10.7. The fourth-order valence-electron chi connectivity index (χ4n) is 2.59. The molecule has 136 valence electrons. The number of nitrogens with zero attached hydrogens (tertiary/aromatic N) is 1. The van der Waals surface area contributed by atoms with E-state index in [4.69, 9.17) is 16.3 Å². The van der Waals surface area contributed by atoms with Crippen LogP contribution in [0.5, 0.6) is 5.75 Å². The van der Waals surface area contributed by atoms with Crippen LogP contribution in [0, 0.1) is 0 Å². The quantitative estimate of drug-likeness (QED) is 0.729. The number of hydrogen-bond acceptors (Lipinski definition) is 5. The summed E-state index contributed by atoms with van der Waals surface area (Å²) in [5.74, 6) is -0.398. The number of ketones is 1. The topological polar surface area (TPSA) is 80.8 Å². The molecule has 6 nitrogen and oxygen atoms in total. The number of benzene rings is 2. The first-order chi connectivity index (χ1) is 12.3. The van der Waals surface area contributed by atoms with Gasteiger partial charge in [-0.25, -0.2) is 8.42 Å². The molecule has 1 heterocycles. The van der Waals surface area contributed by atoms with Gasteiger partial charge in [-0.05, 0) is 42.5 Å². The summed E-state index contributed by atoms with van der Waals surface area (Å²) in [4.78, 5) is 26.1. The minimum atomic E-state index is -3.45. The molecule has 8 heteroatoms. The Hall–Kier alpha value is -2.38. The molecule has 0 N–H and O–H groups in total. The van der Waals surface area contributed by atoms with E-state index in [0.717, 1.165) is 0 Å². The van der Waals surface area contributed by atoms with Gasteiger partial charge in [0.2, 0.25) is 0 Å². The Morgan fingerprint density at radius 3 is 2.54 bits per heavy atom. The number of ether oxygens (including phenoxy) is 1. The smallest absolute Gasteiger partial charge is 0.265 e. The van der Waals surface area contributed by atoms with E-state index in [-0.39, 0.29) is 35.3 Å². The predicted molar refractivity (Wildman–Crippen MR) is 97.8 cm³/mol. The summed E-state index contributed by atoms with van der Waals surface area (Å²) in [6.45, 7) is 1.12. The van der Waals surface area contributed by atoms with Crippen LogP contribution in [0.15, 0.2) is 47.4 Å². The maximum absolute atomic E-state index is 12.5. The van der Waals surface area contributed by atoms with Crippen LogP contribution in [-0.2, 0) is 14.6 Å². The molecule has 2 aromatic carbocycles. The molecule has 0 spiro atoms. The molecule has 0 saturated heterocycles. The van der Waals surface area contributed by atoms with Crippen molar-refractivity contribution in [3.63, 3.8) is 0 Å². The lowest BCUT2D eigenvalue weighted by atomic mass is 10.1. The maximum Gasteiger partial charge on any atom is 0.265 e. The third kappa shape index (κ3) is 3.59. The summed E-state index contributed by atoms with van der Waals surface area (Å²) in [5, 5.41) is 0.503. The third-order valence-corrected chi connectivity index (χ3v) is 6.06. The van der Waals surface area contributed by atoms with Gasteiger partial charge in [0, 0.05) is 10.6 Å². The molecular formula is C18H16ClNO5S. The number of Topliss-reactive ketones (excluding diaryl/α,β-unsaturated/α-hetero) is 1. The van der Waals surface area contributed by atoms with Crippen LogP contribution < -0.4 is 9.64 Å². The van der Waals surface area contributed by atoms with Crippen molar-refractivity contribution in [2.45, 2.75) is 11.8 Å². The number of hydrogen-bond donors (Lipinski definition) is 0. The first-order valence-electron chi connectivity index (χ1n) is 7.90. The van der Waals surface area contributed by atoms with Gasteiger partial charge in [-0.1, -0.05) is 18.5 Å². The lowest BCUT2D eigenvalue weighted by Gasteiger charge is -2.29. The highest BCUT2D eigenvalue weighted by Gasteiger charge is 2.29. The zero-order valence-electron chi connectivity index (χ0n) is 13.9. The molecular weight excluding hydrogens is 378 g/mol. The number of carbonyl (C=O) groups excluding carboxylic acids is 2. The van der Waals surface area contributed by atoms with E-state index in [0.29, 0.717) is 16.3 Å². The van der Waals surface area contributed by atoms with Gasteiger partial charge in [0.15, 0.2) is 22.2 Å². The average Bonchev–Trinajstić information content (AvgIpc) is 2.64. The standard InChI is InChI=1S/C18H16ClNO5S/c1-2-26(23,24)14-7-8-17-15(9-14)20(18(22)11-25-17)10-16(21)12-3-5-13(19)6-4-12/h3-9H,2,10-11H2,1H3. The van der Waals surface area contributed by atoms with Crippen LogP contribution in [0.2, 0.25) is 5.02 Å². The van der Waals surface area contributed by atoms with Gasteiger partial charge in [0.1, 0.15) is 5.75 Å². The zero-order chi connectivity index (χ0) is 18.9. The minimum absolute atomic E-state index is 0.0652. The molecule has 1 aliphatic rings. The highest BCUT2D eigenvalue weighted by atomic mass is 35.5. The molecule has 1 amide bonds. The SMILES string of the molecule is CCS(=O)(=O)c1ccc2c(c1)N(CC(=O)c1ccc(Cl)cc1)C(=O)CO2. The Morgan fingerprint density at radius 1 is 1.19 bits per heavy atom. The summed E-state index contributed by atoms with van der Waals surface area (Å²) in [6.07, 6.45) is 0. The Balaban J connectivity index is 1.95. The van der Waals surface area contributed by atoms with E-state index >= 15 is 0 Å². The molecule has 0 fully saturated rings. The van der Waals surface area contributed by atoms with Crippen LogP contribution in [0.3, 0.4) is 0 Å². The first kappa shape index (κ1) is 18.4. The number of carbonyl (C=O) groups is 2. The fourth-order valence-corrected chi connectivity index (χ4v) is 3.61. The molecule has 2 aromatic rings. The number of sulfone groups is 1. The lowest BCUT2D eigenvalue weighted by Crippen LogP contribution is -2.42. The number of halogens is 1. The van der Waals surface area contributed by atoms with Crippen molar-refractivity contribution >= 4 is 38.8 Å². The van der Waals surface area contributed by atoms with Crippen LogP contribution >= 0.6 is 11.6 Å². The van der Waals surface area contributed by atoms with E-state index in [1.807, 2.05) is 0 Å². The second-order valence-corrected chi connectivity index (χ2v) is 8.45. The Kier molecular flexibility index (Phi) is 5.02. The van der Waals surface area contributed by atoms with E-state index in [9.17, 15) is 18.0 Å². The predicted octanol–water partition coefficient (Wildman–Crippen LogP) is 2.74. The highest BCUT2D eigenvalue weighted by Crippen LogP contribution is 2.34. The van der Waals surface area contributed by atoms with Gasteiger partial charge in [0.05, 0.1) is 22.9 Å². The van der Waals surface area contributed by atoms with Gasteiger partial charge in [-0.15, -0.1) is 0 Å². The molecule has 3 rings (SSSR count). The average molecular weight is 394 g/mol. The van der Waals surface area contributed by atoms with Crippen molar-refractivity contribution in [1.29, 1.82) is 0 Å². The summed E-state index contributed by atoms with van der Waals surface area (Å²) in [7, 11) is -3.45. The number of rotatable bonds is 5. The van der Waals surface area contributed by atoms with E-state index in [2.05, 4.69) is 0 Å². The Morgan fingerprint density at radius 2 is 1.88 bits per heavy atom. The number of amides is 1. The third-order valence-electron chi connectivity index (χ3n) is 4.08. The molecule has 0 atom stereocenters. The molecule has 0 aliphatic carbocycles. The van der Waals surface area contributed by atoms with Crippen molar-refractivity contribution in [2.24, 2.45) is 0 Å². The second-order valence-electron chi connectivity index (χ2n) is 5.73. The van der Waals surface area contributed by atoms with Crippen molar-refractivity contribution in [3.05, 3.63) is 53.1 Å². The fraction of sp³-hybridized carbons (Fsp3) is 0.222. The van der Waals surface area contributed by atoms with E-state index in [1.54, 1.807) is 24.3 Å². The molecule has 0 aromatic heterocycles. The Bertz CT molecular complexity index is 970. The first-order valence-corrected chi connectivity index (χ1v) is 9.93. The summed E-state index contributed by atoms with van der Waals surface area (Å²) >= 11 is 5.82. The van der Waals surface area contributed by atoms with Gasteiger partial charge >= 0.3 is 0 Å². The van der Waals surface area contributed by atoms with Gasteiger partial charge < -0.3 is 4.74 Å². The van der Waals surface area contributed by atoms with Crippen LogP contribution in [0.25, 0.3) is 0 Å². The van der Waals surface area contributed by atoms with E-state index in [1.165, 1.54) is 30.0 Å². The monoisotopic (exact) mass is 393 g/mol. The van der Waals surface area contributed by atoms with Crippen LogP contribution in [-0.4, -0.2) is 39.0 Å². The van der Waals surface area contributed by atoms with Crippen molar-refractivity contribution in [1.82, 2.24) is 0 Å². The lowest BCUT2D eigenvalue weighted by molar-refractivity contribution is -0.121. The summed E-state index contributed by atoms with van der Waals surface area (Å²) < 4.78 is 29.6. The van der Waals surface area contributed by atoms with Crippen molar-refractivity contribution in [3.8, 4) is 5.75 Å². The molecule has 1 aliphatic heterocycles. The number of anilines is 1. The van der Waals surface area contributed by atoms with Gasteiger partial charge in [-0.3, -0.25) is 14.5 Å². The normalized spacial score (nSPS) is 13.9. The molecule has 0 radical (unpaired) electrons. The largest absolute Gasteiger partial charge is 0.482 e. The van der Waals surface area contributed by atoms with Gasteiger partial charge in [0.25, 0.3) is 5.91 Å². The molecule has 0 unspecified atom stereocenters. The highest BCUT2D eigenvalue weighted by molar-refractivity contribution is 7.91. The number of fused-ring (bicyclic) bond motifs is 1. The molecule has 0 saturated carbocycles.